The van der Waals surface area contributed by atoms with Crippen molar-refractivity contribution in [3.05, 3.63) is 35.9 Å². The van der Waals surface area contributed by atoms with Crippen molar-refractivity contribution in [2.75, 3.05) is 20.2 Å². The molecule has 0 aliphatic carbocycles. The van der Waals surface area contributed by atoms with Gasteiger partial charge in [-0.15, -0.1) is 0 Å². The molecule has 0 heterocycles. The van der Waals surface area contributed by atoms with E-state index in [4.69, 9.17) is 10.00 Å². The number of hydrogen-bond acceptors (Lipinski definition) is 5. The first-order valence-electron chi connectivity index (χ1n) is 6.06. The topological polar surface area (TPSA) is 79.6 Å². The molecule has 0 N–H and O–H groups in total. The van der Waals surface area contributed by atoms with Crippen LogP contribution in [-0.2, 0) is 20.9 Å². The van der Waals surface area contributed by atoms with Crippen LogP contribution in [0.2, 0.25) is 0 Å². The number of rotatable bonds is 6. The summed E-state index contributed by atoms with van der Waals surface area (Å²) in [7, 11) is 1.24. The number of nitrogens with zero attached hydrogens (tertiary/aromatic N) is 2. The smallest absolute Gasteiger partial charge is 0.410 e. The molecular formula is C14H16N2O4. The maximum Gasteiger partial charge on any atom is 0.410 e. The standard InChI is InChI=1S/C14H16N2O4/c1-19-13(17)10-16(9-5-8-15)14(18)20-11-12-6-3-2-4-7-12/h2-4,6-7H,5,9-11H2,1H3. The third-order valence-electron chi connectivity index (χ3n) is 2.50. The number of nitriles is 1. The molecule has 0 atom stereocenters. The lowest BCUT2D eigenvalue weighted by atomic mass is 10.2. The van der Waals surface area contributed by atoms with Crippen LogP contribution in [0.25, 0.3) is 0 Å². The summed E-state index contributed by atoms with van der Waals surface area (Å²) in [6.07, 6.45) is -0.522. The molecule has 0 aliphatic rings. The summed E-state index contributed by atoms with van der Waals surface area (Å²) in [5.74, 6) is -0.556. The molecule has 0 radical (unpaired) electrons. The Morgan fingerprint density at radius 3 is 2.60 bits per heavy atom. The Morgan fingerprint density at radius 2 is 2.00 bits per heavy atom. The van der Waals surface area contributed by atoms with Gasteiger partial charge in [-0.2, -0.15) is 5.26 Å². The fourth-order valence-corrected chi connectivity index (χ4v) is 1.45. The van der Waals surface area contributed by atoms with E-state index in [1.165, 1.54) is 7.11 Å². The van der Waals surface area contributed by atoms with Gasteiger partial charge in [0.2, 0.25) is 0 Å². The third-order valence-corrected chi connectivity index (χ3v) is 2.50. The van der Waals surface area contributed by atoms with Crippen molar-refractivity contribution >= 4 is 12.1 Å². The lowest BCUT2D eigenvalue weighted by Gasteiger charge is -2.19. The Kier molecular flexibility index (Phi) is 6.62. The minimum Gasteiger partial charge on any atom is -0.468 e. The number of benzene rings is 1. The van der Waals surface area contributed by atoms with Gasteiger partial charge in [-0.05, 0) is 5.56 Å². The molecule has 0 saturated heterocycles. The fraction of sp³-hybridized carbons (Fsp3) is 0.357. The number of carbonyl (C=O) groups excluding carboxylic acids is 2. The van der Waals surface area contributed by atoms with Gasteiger partial charge in [0, 0.05) is 6.54 Å². The predicted molar refractivity (Wildman–Crippen MR) is 70.4 cm³/mol. The molecule has 0 aliphatic heterocycles. The van der Waals surface area contributed by atoms with Gasteiger partial charge in [0.25, 0.3) is 0 Å². The highest BCUT2D eigenvalue weighted by atomic mass is 16.6. The number of amides is 1. The van der Waals surface area contributed by atoms with E-state index in [9.17, 15) is 9.59 Å². The van der Waals surface area contributed by atoms with E-state index in [-0.39, 0.29) is 26.1 Å². The Balaban J connectivity index is 2.54. The number of hydrogen-bond donors (Lipinski definition) is 0. The summed E-state index contributed by atoms with van der Waals surface area (Å²) in [5, 5.41) is 8.55. The normalized spacial score (nSPS) is 9.40. The van der Waals surface area contributed by atoms with Crippen LogP contribution < -0.4 is 0 Å². The number of ether oxygens (including phenoxy) is 2. The second-order valence-corrected chi connectivity index (χ2v) is 3.95. The third kappa shape index (κ3) is 5.40. The Bertz CT molecular complexity index is 482. The van der Waals surface area contributed by atoms with Crippen LogP contribution >= 0.6 is 0 Å². The maximum atomic E-state index is 11.9. The molecule has 0 bridgehead atoms. The molecule has 1 rings (SSSR count). The average Bonchev–Trinajstić information content (AvgIpc) is 2.49. The van der Waals surface area contributed by atoms with Gasteiger partial charge in [-0.25, -0.2) is 4.79 Å². The lowest BCUT2D eigenvalue weighted by molar-refractivity contribution is -0.141. The van der Waals surface area contributed by atoms with E-state index in [0.717, 1.165) is 10.5 Å². The first-order chi connectivity index (χ1) is 9.67. The van der Waals surface area contributed by atoms with Crippen molar-refractivity contribution in [3.63, 3.8) is 0 Å². The Morgan fingerprint density at radius 1 is 1.30 bits per heavy atom. The summed E-state index contributed by atoms with van der Waals surface area (Å²) in [5.41, 5.74) is 0.846. The molecule has 20 heavy (non-hydrogen) atoms. The SMILES string of the molecule is COC(=O)CN(CCC#N)C(=O)OCc1ccccc1. The molecule has 0 spiro atoms. The number of carbonyl (C=O) groups is 2. The number of esters is 1. The molecule has 0 unspecified atom stereocenters. The minimum absolute atomic E-state index is 0.115. The highest BCUT2D eigenvalue weighted by Gasteiger charge is 2.18. The van der Waals surface area contributed by atoms with Crippen LogP contribution in [0.15, 0.2) is 30.3 Å². The minimum atomic E-state index is -0.644. The van der Waals surface area contributed by atoms with Crippen LogP contribution in [0.3, 0.4) is 0 Å². The largest absolute Gasteiger partial charge is 0.468 e. The van der Waals surface area contributed by atoms with E-state index < -0.39 is 12.1 Å². The van der Waals surface area contributed by atoms with Gasteiger partial charge in [-0.1, -0.05) is 30.3 Å². The van der Waals surface area contributed by atoms with Crippen molar-refractivity contribution < 1.29 is 19.1 Å². The van der Waals surface area contributed by atoms with Gasteiger partial charge in [0.05, 0.1) is 19.6 Å². The molecule has 1 amide bonds. The molecule has 0 saturated carbocycles. The molecular weight excluding hydrogens is 260 g/mol. The summed E-state index contributed by atoms with van der Waals surface area (Å²) < 4.78 is 9.60. The lowest BCUT2D eigenvalue weighted by Crippen LogP contribution is -2.37. The van der Waals surface area contributed by atoms with E-state index in [2.05, 4.69) is 4.74 Å². The van der Waals surface area contributed by atoms with E-state index in [1.54, 1.807) is 0 Å². The van der Waals surface area contributed by atoms with E-state index in [0.29, 0.717) is 0 Å². The van der Waals surface area contributed by atoms with Crippen LogP contribution in [0, 0.1) is 11.3 Å². The van der Waals surface area contributed by atoms with Gasteiger partial charge >= 0.3 is 12.1 Å². The van der Waals surface area contributed by atoms with Crippen molar-refractivity contribution in [1.82, 2.24) is 4.90 Å². The highest BCUT2D eigenvalue weighted by molar-refractivity contribution is 5.77. The van der Waals surface area contributed by atoms with Gasteiger partial charge in [0.1, 0.15) is 13.2 Å². The van der Waals surface area contributed by atoms with Gasteiger partial charge in [0.15, 0.2) is 0 Å². The summed E-state index contributed by atoms with van der Waals surface area (Å²) >= 11 is 0. The molecule has 0 aromatic heterocycles. The fourth-order valence-electron chi connectivity index (χ4n) is 1.45. The van der Waals surface area contributed by atoms with Crippen molar-refractivity contribution in [2.24, 2.45) is 0 Å². The van der Waals surface area contributed by atoms with Gasteiger partial charge < -0.3 is 9.47 Å². The van der Waals surface area contributed by atoms with E-state index >= 15 is 0 Å². The molecule has 6 heteroatoms. The second-order valence-electron chi connectivity index (χ2n) is 3.95. The molecule has 1 aromatic carbocycles. The van der Waals surface area contributed by atoms with Crippen molar-refractivity contribution in [1.29, 1.82) is 5.26 Å². The predicted octanol–water partition coefficient (Wildman–Crippen LogP) is 1.71. The van der Waals surface area contributed by atoms with Crippen molar-refractivity contribution in [3.8, 4) is 6.07 Å². The van der Waals surface area contributed by atoms with Crippen LogP contribution in [0.5, 0.6) is 0 Å². The first kappa shape index (κ1) is 15.5. The van der Waals surface area contributed by atoms with E-state index in [1.807, 2.05) is 36.4 Å². The summed E-state index contributed by atoms with van der Waals surface area (Å²) in [6, 6.07) is 11.1. The Hall–Kier alpha value is -2.55. The molecule has 106 valence electrons. The zero-order chi connectivity index (χ0) is 14.8. The number of methoxy groups -OCH3 is 1. The van der Waals surface area contributed by atoms with Crippen molar-refractivity contribution in [2.45, 2.75) is 13.0 Å². The molecule has 1 aromatic rings. The highest BCUT2D eigenvalue weighted by Crippen LogP contribution is 2.04. The average molecular weight is 276 g/mol. The second kappa shape index (κ2) is 8.53. The zero-order valence-corrected chi connectivity index (χ0v) is 11.2. The molecule has 0 fully saturated rings. The quantitative estimate of drug-likeness (QED) is 0.739. The summed E-state index contributed by atoms with van der Waals surface area (Å²) in [4.78, 5) is 24.2. The maximum absolute atomic E-state index is 11.9. The van der Waals surface area contributed by atoms with Crippen LogP contribution in [-0.4, -0.2) is 37.2 Å². The van der Waals surface area contributed by atoms with Crippen LogP contribution in [0.1, 0.15) is 12.0 Å². The van der Waals surface area contributed by atoms with Crippen LogP contribution in [0.4, 0.5) is 4.79 Å². The first-order valence-corrected chi connectivity index (χ1v) is 6.06. The Labute approximate surface area is 117 Å². The van der Waals surface area contributed by atoms with Gasteiger partial charge in [-0.3, -0.25) is 9.69 Å². The monoisotopic (exact) mass is 276 g/mol. The summed E-state index contributed by atoms with van der Waals surface area (Å²) in [6.45, 7) is 0.00885. The molecule has 6 nitrogen and oxygen atoms in total. The zero-order valence-electron chi connectivity index (χ0n) is 11.2.